The number of rotatable bonds is 1. The lowest BCUT2D eigenvalue weighted by atomic mass is 10.1. The zero-order chi connectivity index (χ0) is 11.0. The molecule has 1 heterocycles. The molecule has 2 aromatic rings. The van der Waals surface area contributed by atoms with E-state index in [1.54, 1.807) is 6.20 Å². The Kier molecular flexibility index (Phi) is 2.11. The molecule has 2 rings (SSSR count). The number of amides is 1. The first kappa shape index (κ1) is 9.58. The second-order valence-electron chi connectivity index (χ2n) is 3.50. The molecule has 0 unspecified atom stereocenters. The number of fused-ring (bicyclic) bond motifs is 1. The van der Waals surface area contributed by atoms with E-state index in [4.69, 9.17) is 11.5 Å². The molecule has 1 aromatic heterocycles. The van der Waals surface area contributed by atoms with Crippen LogP contribution in [0.2, 0.25) is 0 Å². The summed E-state index contributed by atoms with van der Waals surface area (Å²) in [7, 11) is 0. The molecule has 0 aliphatic heterocycles. The van der Waals surface area contributed by atoms with Gasteiger partial charge < -0.3 is 11.5 Å². The van der Waals surface area contributed by atoms with Gasteiger partial charge in [0.25, 0.3) is 0 Å². The molecule has 0 bridgehead atoms. The second-order valence-corrected chi connectivity index (χ2v) is 3.50. The number of primary amides is 1. The van der Waals surface area contributed by atoms with E-state index in [1.165, 1.54) is 4.57 Å². The van der Waals surface area contributed by atoms with Crippen molar-refractivity contribution < 1.29 is 4.79 Å². The van der Waals surface area contributed by atoms with Crippen molar-refractivity contribution in [3.63, 3.8) is 0 Å². The number of carbonyl (C=O) groups is 1. The molecular weight excluding hydrogens is 190 g/mol. The summed E-state index contributed by atoms with van der Waals surface area (Å²) < 4.78 is 1.38. The lowest BCUT2D eigenvalue weighted by Crippen LogP contribution is -2.18. The van der Waals surface area contributed by atoms with Gasteiger partial charge in [-0.05, 0) is 18.1 Å². The Balaban J connectivity index is 2.77. The Bertz CT molecular complexity index is 528. The predicted molar refractivity (Wildman–Crippen MR) is 60.7 cm³/mol. The molecule has 4 nitrogen and oxygen atoms in total. The van der Waals surface area contributed by atoms with Crippen LogP contribution < -0.4 is 11.5 Å². The van der Waals surface area contributed by atoms with Gasteiger partial charge in [-0.1, -0.05) is 19.1 Å². The zero-order valence-corrected chi connectivity index (χ0v) is 8.53. The van der Waals surface area contributed by atoms with E-state index < -0.39 is 6.03 Å². The number of aryl methyl sites for hydroxylation is 1. The van der Waals surface area contributed by atoms with E-state index in [0.29, 0.717) is 5.69 Å². The summed E-state index contributed by atoms with van der Waals surface area (Å²) in [5.74, 6) is 0. The minimum absolute atomic E-state index is 0.509. The van der Waals surface area contributed by atoms with Gasteiger partial charge in [0.05, 0.1) is 11.2 Å². The molecule has 15 heavy (non-hydrogen) atoms. The number of hydrogen-bond acceptors (Lipinski definition) is 2. The largest absolute Gasteiger partial charge is 0.397 e. The molecule has 1 aromatic carbocycles. The molecule has 0 aliphatic rings. The molecule has 0 spiro atoms. The third-order valence-corrected chi connectivity index (χ3v) is 2.55. The molecule has 0 aliphatic carbocycles. The second kappa shape index (κ2) is 3.31. The van der Waals surface area contributed by atoms with Gasteiger partial charge in [-0.25, -0.2) is 4.79 Å². The summed E-state index contributed by atoms with van der Waals surface area (Å²) in [6, 6.07) is 5.36. The smallest absolute Gasteiger partial charge is 0.323 e. The van der Waals surface area contributed by atoms with Crippen LogP contribution in [0.4, 0.5) is 10.5 Å². The maximum absolute atomic E-state index is 11.2. The number of carbonyl (C=O) groups excluding carboxylic acids is 1. The molecule has 1 amide bonds. The minimum Gasteiger partial charge on any atom is -0.397 e. The van der Waals surface area contributed by atoms with Crippen LogP contribution >= 0.6 is 0 Å². The third kappa shape index (κ3) is 1.44. The van der Waals surface area contributed by atoms with Crippen molar-refractivity contribution in [2.75, 3.05) is 5.73 Å². The summed E-state index contributed by atoms with van der Waals surface area (Å²) in [4.78, 5) is 11.2. The van der Waals surface area contributed by atoms with Crippen LogP contribution in [0.25, 0.3) is 10.9 Å². The molecule has 0 fully saturated rings. The molecule has 0 atom stereocenters. The van der Waals surface area contributed by atoms with Crippen LogP contribution in [0.1, 0.15) is 12.5 Å². The minimum atomic E-state index is -0.509. The van der Waals surface area contributed by atoms with Gasteiger partial charge in [0, 0.05) is 11.6 Å². The van der Waals surface area contributed by atoms with E-state index in [1.807, 2.05) is 18.2 Å². The van der Waals surface area contributed by atoms with Crippen molar-refractivity contribution in [2.24, 2.45) is 5.73 Å². The highest BCUT2D eigenvalue weighted by atomic mass is 16.2. The average molecular weight is 203 g/mol. The highest BCUT2D eigenvalue weighted by Gasteiger charge is 2.09. The maximum Gasteiger partial charge on any atom is 0.323 e. The van der Waals surface area contributed by atoms with Crippen LogP contribution in [0.3, 0.4) is 0 Å². The van der Waals surface area contributed by atoms with Gasteiger partial charge in [-0.2, -0.15) is 0 Å². The van der Waals surface area contributed by atoms with E-state index in [0.717, 1.165) is 22.9 Å². The molecule has 78 valence electrons. The number of hydrogen-bond donors (Lipinski definition) is 2. The predicted octanol–water partition coefficient (Wildman–Crippen LogP) is 1.71. The number of benzene rings is 1. The normalized spacial score (nSPS) is 10.7. The monoisotopic (exact) mass is 203 g/mol. The van der Waals surface area contributed by atoms with Crippen LogP contribution in [0, 0.1) is 0 Å². The van der Waals surface area contributed by atoms with Crippen molar-refractivity contribution in [2.45, 2.75) is 13.3 Å². The first-order chi connectivity index (χ1) is 7.13. The molecule has 4 heteroatoms. The first-order valence-corrected chi connectivity index (χ1v) is 4.82. The Morgan fingerprint density at radius 2 is 2.20 bits per heavy atom. The van der Waals surface area contributed by atoms with Crippen molar-refractivity contribution in [3.8, 4) is 0 Å². The third-order valence-electron chi connectivity index (χ3n) is 2.55. The molecule has 0 saturated carbocycles. The van der Waals surface area contributed by atoms with Gasteiger partial charge in [-0.15, -0.1) is 0 Å². The van der Waals surface area contributed by atoms with Crippen molar-refractivity contribution >= 4 is 22.6 Å². The molecular formula is C11H13N3O. The van der Waals surface area contributed by atoms with E-state index in [-0.39, 0.29) is 0 Å². The maximum atomic E-state index is 11.2. The zero-order valence-electron chi connectivity index (χ0n) is 8.53. The number of nitrogens with two attached hydrogens (primary N) is 2. The Hall–Kier alpha value is -1.97. The summed E-state index contributed by atoms with van der Waals surface area (Å²) in [5.41, 5.74) is 13.5. The summed E-state index contributed by atoms with van der Waals surface area (Å²) >= 11 is 0. The van der Waals surface area contributed by atoms with Gasteiger partial charge in [0.2, 0.25) is 0 Å². The highest BCUT2D eigenvalue weighted by Crippen LogP contribution is 2.24. The standard InChI is InChI=1S/C11H13N3O/c1-2-7-3-4-8-9(12)6-14(11(13)15)10(8)5-7/h3-6H,2,12H2,1H3,(H2,13,15). The van der Waals surface area contributed by atoms with Gasteiger partial charge in [-0.3, -0.25) is 4.57 Å². The summed E-state index contributed by atoms with van der Waals surface area (Å²) in [6.07, 6.45) is 2.48. The van der Waals surface area contributed by atoms with Crippen LogP contribution in [0.15, 0.2) is 24.4 Å². The van der Waals surface area contributed by atoms with Crippen LogP contribution in [-0.2, 0) is 6.42 Å². The number of aromatic nitrogens is 1. The highest BCUT2D eigenvalue weighted by molar-refractivity contribution is 5.98. The lowest BCUT2D eigenvalue weighted by Gasteiger charge is -2.00. The Morgan fingerprint density at radius 1 is 1.47 bits per heavy atom. The van der Waals surface area contributed by atoms with Gasteiger partial charge >= 0.3 is 6.03 Å². The number of anilines is 1. The van der Waals surface area contributed by atoms with Crippen molar-refractivity contribution in [1.29, 1.82) is 0 Å². The van der Waals surface area contributed by atoms with Crippen molar-refractivity contribution in [1.82, 2.24) is 4.57 Å². The van der Waals surface area contributed by atoms with Gasteiger partial charge in [0.1, 0.15) is 0 Å². The lowest BCUT2D eigenvalue weighted by molar-refractivity contribution is 0.251. The Labute approximate surface area is 87.5 Å². The molecule has 0 saturated heterocycles. The fourth-order valence-electron chi connectivity index (χ4n) is 1.70. The van der Waals surface area contributed by atoms with E-state index >= 15 is 0 Å². The van der Waals surface area contributed by atoms with E-state index in [9.17, 15) is 4.79 Å². The Morgan fingerprint density at radius 3 is 2.80 bits per heavy atom. The summed E-state index contributed by atoms with van der Waals surface area (Å²) in [6.45, 7) is 2.06. The molecule has 0 radical (unpaired) electrons. The fraction of sp³-hybridized carbons (Fsp3) is 0.182. The topological polar surface area (TPSA) is 74.0 Å². The number of nitrogens with zero attached hydrogens (tertiary/aromatic N) is 1. The molecule has 4 N–H and O–H groups in total. The van der Waals surface area contributed by atoms with Crippen molar-refractivity contribution in [3.05, 3.63) is 30.0 Å². The van der Waals surface area contributed by atoms with Crippen LogP contribution in [0.5, 0.6) is 0 Å². The van der Waals surface area contributed by atoms with E-state index in [2.05, 4.69) is 6.92 Å². The SMILES string of the molecule is CCc1ccc2c(N)cn(C(N)=O)c2c1. The average Bonchev–Trinajstić information content (AvgIpc) is 2.56. The first-order valence-electron chi connectivity index (χ1n) is 4.82. The van der Waals surface area contributed by atoms with Gasteiger partial charge in [0.15, 0.2) is 0 Å². The van der Waals surface area contributed by atoms with Crippen LogP contribution in [-0.4, -0.2) is 10.6 Å². The number of nitrogen functional groups attached to an aromatic ring is 1. The fourth-order valence-corrected chi connectivity index (χ4v) is 1.70. The summed E-state index contributed by atoms with van der Waals surface area (Å²) in [5, 5.41) is 0.867. The quantitative estimate of drug-likeness (QED) is 0.740.